The minimum Gasteiger partial charge on any atom is -0.361 e. The lowest BCUT2D eigenvalue weighted by Crippen LogP contribution is -2.14. The lowest BCUT2D eigenvalue weighted by atomic mass is 9.98. The van der Waals surface area contributed by atoms with Gasteiger partial charge < -0.3 is 10.3 Å². The Hall–Kier alpha value is -2.92. The highest BCUT2D eigenvalue weighted by Gasteiger charge is 2.13. The van der Waals surface area contributed by atoms with Gasteiger partial charge >= 0.3 is 0 Å². The van der Waals surface area contributed by atoms with Crippen LogP contribution in [0.25, 0.3) is 22.2 Å². The van der Waals surface area contributed by atoms with Gasteiger partial charge in [0.25, 0.3) is 0 Å². The number of fused-ring (bicyclic) bond motifs is 1. The van der Waals surface area contributed by atoms with Crippen molar-refractivity contribution in [2.75, 3.05) is 5.32 Å². The number of nitrogens with one attached hydrogen (secondary N) is 2. The highest BCUT2D eigenvalue weighted by atomic mass is 32.1. The lowest BCUT2D eigenvalue weighted by molar-refractivity contribution is -0.115. The minimum atomic E-state index is -0.0574. The Kier molecular flexibility index (Phi) is 4.54. The highest BCUT2D eigenvalue weighted by molar-refractivity contribution is 7.14. The number of aromatic amines is 1. The van der Waals surface area contributed by atoms with Crippen LogP contribution in [0, 0.1) is 20.8 Å². The second-order valence-electron chi connectivity index (χ2n) is 6.90. The number of benzene rings is 2. The molecule has 4 rings (SSSR count). The van der Waals surface area contributed by atoms with Gasteiger partial charge in [0.2, 0.25) is 5.91 Å². The third-order valence-electron chi connectivity index (χ3n) is 4.71. The molecule has 0 spiro atoms. The van der Waals surface area contributed by atoms with Gasteiger partial charge in [-0.15, -0.1) is 11.3 Å². The predicted octanol–water partition coefficient (Wildman–Crippen LogP) is 5.40. The van der Waals surface area contributed by atoms with E-state index in [-0.39, 0.29) is 5.91 Å². The summed E-state index contributed by atoms with van der Waals surface area (Å²) >= 11 is 1.46. The molecule has 2 heterocycles. The normalized spacial score (nSPS) is 11.1. The number of hydrogen-bond acceptors (Lipinski definition) is 3. The predicted molar refractivity (Wildman–Crippen MR) is 112 cm³/mol. The van der Waals surface area contributed by atoms with Crippen LogP contribution in [-0.2, 0) is 11.2 Å². The molecule has 0 aliphatic rings. The van der Waals surface area contributed by atoms with Crippen molar-refractivity contribution < 1.29 is 4.79 Å². The molecule has 27 heavy (non-hydrogen) atoms. The molecule has 5 heteroatoms. The Morgan fingerprint density at radius 3 is 2.67 bits per heavy atom. The van der Waals surface area contributed by atoms with Crippen molar-refractivity contribution in [2.45, 2.75) is 27.2 Å². The zero-order valence-corrected chi connectivity index (χ0v) is 16.4. The summed E-state index contributed by atoms with van der Waals surface area (Å²) in [6, 6.07) is 12.3. The van der Waals surface area contributed by atoms with Crippen molar-refractivity contribution in [3.63, 3.8) is 0 Å². The first kappa shape index (κ1) is 17.5. The average molecular weight is 375 g/mol. The third-order valence-corrected chi connectivity index (χ3v) is 5.47. The van der Waals surface area contributed by atoms with Crippen LogP contribution >= 0.6 is 11.3 Å². The van der Waals surface area contributed by atoms with E-state index in [9.17, 15) is 4.79 Å². The largest absolute Gasteiger partial charge is 0.361 e. The Balaban J connectivity index is 1.52. The Morgan fingerprint density at radius 2 is 1.89 bits per heavy atom. The van der Waals surface area contributed by atoms with E-state index in [2.05, 4.69) is 48.2 Å². The zero-order valence-electron chi connectivity index (χ0n) is 15.6. The molecule has 0 aliphatic carbocycles. The molecule has 2 N–H and O–H groups in total. The summed E-state index contributed by atoms with van der Waals surface area (Å²) < 4.78 is 0. The molecule has 0 atom stereocenters. The second-order valence-corrected chi connectivity index (χ2v) is 7.75. The molecule has 0 saturated carbocycles. The van der Waals surface area contributed by atoms with Crippen LogP contribution in [0.5, 0.6) is 0 Å². The summed E-state index contributed by atoms with van der Waals surface area (Å²) in [5.41, 5.74) is 7.75. The monoisotopic (exact) mass is 375 g/mol. The van der Waals surface area contributed by atoms with Gasteiger partial charge in [0, 0.05) is 28.0 Å². The number of nitrogens with zero attached hydrogens (tertiary/aromatic N) is 1. The van der Waals surface area contributed by atoms with E-state index in [0.717, 1.165) is 27.7 Å². The summed E-state index contributed by atoms with van der Waals surface area (Å²) in [6.45, 7) is 6.30. The third kappa shape index (κ3) is 3.51. The summed E-state index contributed by atoms with van der Waals surface area (Å²) in [5, 5.41) is 6.66. The van der Waals surface area contributed by atoms with Crippen LogP contribution in [0.1, 0.15) is 22.3 Å². The van der Waals surface area contributed by atoms with Crippen molar-refractivity contribution in [3.05, 3.63) is 70.2 Å². The van der Waals surface area contributed by atoms with E-state index in [4.69, 9.17) is 0 Å². The number of hydrogen-bond donors (Lipinski definition) is 2. The van der Waals surface area contributed by atoms with Gasteiger partial charge in [-0.05, 0) is 43.5 Å². The molecule has 136 valence electrons. The van der Waals surface area contributed by atoms with Crippen molar-refractivity contribution >= 4 is 33.3 Å². The van der Waals surface area contributed by atoms with E-state index in [1.807, 2.05) is 35.8 Å². The highest BCUT2D eigenvalue weighted by Crippen LogP contribution is 2.31. The standard InChI is InChI=1S/C22H21N3OS/c1-13-8-14(2)21(15(3)9-13)19-12-27-22(24-19)25-20(26)10-16-11-23-18-7-5-4-6-17(16)18/h4-9,11-12,23H,10H2,1-3H3,(H,24,25,26). The molecule has 4 aromatic rings. The minimum absolute atomic E-state index is 0.0574. The Labute approximate surface area is 162 Å². The SMILES string of the molecule is Cc1cc(C)c(-c2csc(NC(=O)Cc3c[nH]c4ccccc34)n2)c(C)c1. The molecule has 0 saturated heterocycles. The lowest BCUT2D eigenvalue weighted by Gasteiger charge is -2.08. The van der Waals surface area contributed by atoms with E-state index in [1.54, 1.807) is 0 Å². The summed E-state index contributed by atoms with van der Waals surface area (Å²) in [6.07, 6.45) is 2.22. The fourth-order valence-electron chi connectivity index (χ4n) is 3.64. The van der Waals surface area contributed by atoms with Crippen LogP contribution in [-0.4, -0.2) is 15.9 Å². The summed E-state index contributed by atoms with van der Waals surface area (Å²) in [7, 11) is 0. The molecule has 0 bridgehead atoms. The van der Waals surface area contributed by atoms with Crippen molar-refractivity contribution in [2.24, 2.45) is 0 Å². The smallest absolute Gasteiger partial charge is 0.230 e. The van der Waals surface area contributed by atoms with Crippen LogP contribution in [0.2, 0.25) is 0 Å². The molecule has 1 amide bonds. The molecule has 4 nitrogen and oxygen atoms in total. The van der Waals surface area contributed by atoms with Crippen molar-refractivity contribution in [1.82, 2.24) is 9.97 Å². The molecule has 2 aromatic carbocycles. The van der Waals surface area contributed by atoms with E-state index in [0.29, 0.717) is 11.6 Å². The maximum atomic E-state index is 12.5. The molecular weight excluding hydrogens is 354 g/mol. The summed E-state index contributed by atoms with van der Waals surface area (Å²) in [4.78, 5) is 20.3. The van der Waals surface area contributed by atoms with Gasteiger partial charge in [0.1, 0.15) is 0 Å². The summed E-state index contributed by atoms with van der Waals surface area (Å²) in [5.74, 6) is -0.0574. The first-order chi connectivity index (χ1) is 13.0. The number of amides is 1. The molecule has 0 radical (unpaired) electrons. The zero-order chi connectivity index (χ0) is 19.0. The number of rotatable bonds is 4. The fraction of sp³-hybridized carbons (Fsp3) is 0.182. The molecule has 0 unspecified atom stereocenters. The average Bonchev–Trinajstić information content (AvgIpc) is 3.22. The number of carbonyl (C=O) groups is 1. The fourth-order valence-corrected chi connectivity index (χ4v) is 4.36. The number of anilines is 1. The first-order valence-corrected chi connectivity index (χ1v) is 9.78. The van der Waals surface area contributed by atoms with Crippen molar-refractivity contribution in [1.29, 1.82) is 0 Å². The number of para-hydroxylation sites is 1. The van der Waals surface area contributed by atoms with Gasteiger partial charge in [0.15, 0.2) is 5.13 Å². The number of thiazole rings is 1. The molecule has 0 fully saturated rings. The number of carbonyl (C=O) groups excluding carboxylic acids is 1. The number of aromatic nitrogens is 2. The van der Waals surface area contributed by atoms with Crippen LogP contribution in [0.4, 0.5) is 5.13 Å². The molecule has 0 aliphatic heterocycles. The quantitative estimate of drug-likeness (QED) is 0.502. The van der Waals surface area contributed by atoms with E-state index >= 15 is 0 Å². The van der Waals surface area contributed by atoms with Gasteiger partial charge in [-0.1, -0.05) is 35.9 Å². The maximum Gasteiger partial charge on any atom is 0.230 e. The van der Waals surface area contributed by atoms with Gasteiger partial charge in [-0.25, -0.2) is 4.98 Å². The Morgan fingerprint density at radius 1 is 1.15 bits per heavy atom. The van der Waals surface area contributed by atoms with Crippen LogP contribution < -0.4 is 5.32 Å². The van der Waals surface area contributed by atoms with Gasteiger partial charge in [0.05, 0.1) is 12.1 Å². The topological polar surface area (TPSA) is 57.8 Å². The molecule has 2 aromatic heterocycles. The Bertz CT molecular complexity index is 1120. The van der Waals surface area contributed by atoms with Crippen LogP contribution in [0.15, 0.2) is 48.0 Å². The van der Waals surface area contributed by atoms with E-state index < -0.39 is 0 Å². The maximum absolute atomic E-state index is 12.5. The first-order valence-electron chi connectivity index (χ1n) is 8.90. The number of H-pyrrole nitrogens is 1. The second kappa shape index (κ2) is 7.00. The van der Waals surface area contributed by atoms with Crippen LogP contribution in [0.3, 0.4) is 0 Å². The van der Waals surface area contributed by atoms with E-state index in [1.165, 1.54) is 28.0 Å². The number of aryl methyl sites for hydroxylation is 3. The van der Waals surface area contributed by atoms with Gasteiger partial charge in [-0.3, -0.25) is 4.79 Å². The van der Waals surface area contributed by atoms with Gasteiger partial charge in [-0.2, -0.15) is 0 Å². The van der Waals surface area contributed by atoms with Crippen molar-refractivity contribution in [3.8, 4) is 11.3 Å². The molecular formula is C22H21N3OS.